The fourth-order valence-electron chi connectivity index (χ4n) is 1.89. The van der Waals surface area contributed by atoms with Crippen LogP contribution in [0.5, 0.6) is 0 Å². The van der Waals surface area contributed by atoms with Gasteiger partial charge in [-0.1, -0.05) is 0 Å². The zero-order chi connectivity index (χ0) is 14.3. The monoisotopic (exact) mass is 332 g/mol. The lowest BCUT2D eigenvalue weighted by Gasteiger charge is -1.99. The van der Waals surface area contributed by atoms with Crippen LogP contribution in [-0.2, 0) is 7.05 Å². The molecule has 3 aromatic rings. The fraction of sp³-hybridized carbons (Fsp3) is 0.231. The summed E-state index contributed by atoms with van der Waals surface area (Å²) in [6.45, 7) is 3.94. The van der Waals surface area contributed by atoms with E-state index in [2.05, 4.69) is 36.0 Å². The number of rotatable bonds is 2. The highest BCUT2D eigenvalue weighted by molar-refractivity contribution is 9.10. The Morgan fingerprint density at radius 2 is 2.00 bits per heavy atom. The molecule has 0 unspecified atom stereocenters. The molecule has 0 aromatic carbocycles. The molecular formula is C13H13BrN6. The third-order valence-electron chi connectivity index (χ3n) is 3.13. The molecule has 0 bridgehead atoms. The molecule has 7 heteroatoms. The van der Waals surface area contributed by atoms with E-state index in [1.165, 1.54) is 0 Å². The number of hydrogen-bond acceptors (Lipinski definition) is 4. The van der Waals surface area contributed by atoms with Crippen molar-refractivity contribution in [1.29, 1.82) is 0 Å². The van der Waals surface area contributed by atoms with Crippen molar-refractivity contribution in [3.05, 3.63) is 40.0 Å². The summed E-state index contributed by atoms with van der Waals surface area (Å²) in [7, 11) is 1.94. The Bertz CT molecular complexity index is 814. The summed E-state index contributed by atoms with van der Waals surface area (Å²) < 4.78 is 4.53. The summed E-state index contributed by atoms with van der Waals surface area (Å²) in [4.78, 5) is 13.0. The molecule has 0 fully saturated rings. The quantitative estimate of drug-likeness (QED) is 0.723. The van der Waals surface area contributed by atoms with Crippen LogP contribution in [0.3, 0.4) is 0 Å². The van der Waals surface area contributed by atoms with Crippen LogP contribution in [0.4, 0.5) is 0 Å². The van der Waals surface area contributed by atoms with Crippen molar-refractivity contribution >= 4 is 33.7 Å². The van der Waals surface area contributed by atoms with Gasteiger partial charge in [0.1, 0.15) is 10.4 Å². The molecule has 3 aromatic heterocycles. The number of fused-ring (bicyclic) bond motifs is 1. The lowest BCUT2D eigenvalue weighted by atomic mass is 10.3. The Morgan fingerprint density at radius 1 is 1.20 bits per heavy atom. The molecule has 0 aliphatic carbocycles. The number of imidazole rings is 1. The maximum atomic E-state index is 4.45. The first-order chi connectivity index (χ1) is 9.54. The fourth-order valence-corrected chi connectivity index (χ4v) is 2.38. The summed E-state index contributed by atoms with van der Waals surface area (Å²) in [6.07, 6.45) is 7.35. The highest BCUT2D eigenvalue weighted by Crippen LogP contribution is 2.12. The Hall–Kier alpha value is -2.02. The van der Waals surface area contributed by atoms with Gasteiger partial charge in [0, 0.05) is 13.2 Å². The minimum atomic E-state index is 0.639. The zero-order valence-corrected chi connectivity index (χ0v) is 13.0. The second-order valence-corrected chi connectivity index (χ2v) is 5.35. The average Bonchev–Trinajstić information content (AvgIpc) is 2.95. The lowest BCUT2D eigenvalue weighted by Crippen LogP contribution is -1.98. The van der Waals surface area contributed by atoms with Crippen molar-refractivity contribution in [2.75, 3.05) is 0 Å². The molecule has 0 radical (unpaired) electrons. The van der Waals surface area contributed by atoms with Gasteiger partial charge in [0.25, 0.3) is 0 Å². The van der Waals surface area contributed by atoms with Gasteiger partial charge in [-0.3, -0.25) is 4.98 Å². The van der Waals surface area contributed by atoms with Crippen LogP contribution in [-0.4, -0.2) is 29.1 Å². The van der Waals surface area contributed by atoms with E-state index in [0.717, 1.165) is 27.5 Å². The molecule has 20 heavy (non-hydrogen) atoms. The van der Waals surface area contributed by atoms with E-state index in [1.807, 2.05) is 43.8 Å². The van der Waals surface area contributed by atoms with E-state index in [9.17, 15) is 0 Å². The van der Waals surface area contributed by atoms with Gasteiger partial charge in [-0.15, -0.1) is 5.10 Å². The summed E-state index contributed by atoms with van der Waals surface area (Å²) in [6, 6.07) is 0. The molecular weight excluding hydrogens is 320 g/mol. The number of halogens is 1. The minimum Gasteiger partial charge on any atom is -0.333 e. The Kier molecular flexibility index (Phi) is 3.13. The molecule has 0 atom stereocenters. The summed E-state index contributed by atoms with van der Waals surface area (Å²) >= 11 is 3.35. The van der Waals surface area contributed by atoms with Crippen LogP contribution < -0.4 is 0 Å². The SMILES string of the molecule is Cc1ncc2nc(/C=C/c3nc(Br)cn3C)nn2c1C. The smallest absolute Gasteiger partial charge is 0.175 e. The van der Waals surface area contributed by atoms with Crippen LogP contribution in [0.1, 0.15) is 23.0 Å². The maximum Gasteiger partial charge on any atom is 0.175 e. The minimum absolute atomic E-state index is 0.639. The predicted molar refractivity (Wildman–Crippen MR) is 80.1 cm³/mol. The van der Waals surface area contributed by atoms with Gasteiger partial charge in [-0.25, -0.2) is 14.5 Å². The van der Waals surface area contributed by atoms with Gasteiger partial charge in [0.2, 0.25) is 0 Å². The molecule has 0 amide bonds. The van der Waals surface area contributed by atoms with Gasteiger partial charge in [0.05, 0.1) is 17.6 Å². The molecule has 3 rings (SSSR count). The van der Waals surface area contributed by atoms with E-state index in [0.29, 0.717) is 5.82 Å². The van der Waals surface area contributed by atoms with E-state index < -0.39 is 0 Å². The second-order valence-electron chi connectivity index (χ2n) is 4.54. The van der Waals surface area contributed by atoms with Crippen LogP contribution in [0.25, 0.3) is 17.8 Å². The van der Waals surface area contributed by atoms with E-state index in [4.69, 9.17) is 0 Å². The van der Waals surface area contributed by atoms with E-state index in [1.54, 1.807) is 10.7 Å². The third-order valence-corrected chi connectivity index (χ3v) is 3.51. The highest BCUT2D eigenvalue weighted by atomic mass is 79.9. The van der Waals surface area contributed by atoms with Crippen LogP contribution >= 0.6 is 15.9 Å². The average molecular weight is 333 g/mol. The van der Waals surface area contributed by atoms with Crippen LogP contribution in [0, 0.1) is 13.8 Å². The Morgan fingerprint density at radius 3 is 2.70 bits per heavy atom. The Labute approximate surface area is 124 Å². The third kappa shape index (κ3) is 2.24. The standard InChI is InChI=1S/C13H13BrN6/c1-8-9(2)20-13(6-15-8)17-11(18-20)4-5-12-16-10(14)7-19(12)3/h4-7H,1-3H3/b5-4+. The van der Waals surface area contributed by atoms with Crippen molar-refractivity contribution < 1.29 is 0 Å². The first kappa shape index (κ1) is 13.0. The zero-order valence-electron chi connectivity index (χ0n) is 11.4. The van der Waals surface area contributed by atoms with E-state index in [-0.39, 0.29) is 0 Å². The predicted octanol–water partition coefficient (Wildman–Crippen LogP) is 2.41. The molecule has 6 nitrogen and oxygen atoms in total. The molecule has 0 saturated heterocycles. The van der Waals surface area contributed by atoms with Crippen molar-refractivity contribution in [2.24, 2.45) is 7.05 Å². The topological polar surface area (TPSA) is 60.9 Å². The number of hydrogen-bond donors (Lipinski definition) is 0. The van der Waals surface area contributed by atoms with Gasteiger partial charge < -0.3 is 4.57 Å². The summed E-state index contributed by atoms with van der Waals surface area (Å²) in [5.74, 6) is 1.47. The Balaban J connectivity index is 1.99. The normalized spacial score (nSPS) is 11.8. The molecule has 0 aliphatic rings. The van der Waals surface area contributed by atoms with Crippen molar-refractivity contribution in [2.45, 2.75) is 13.8 Å². The van der Waals surface area contributed by atoms with Crippen LogP contribution in [0.15, 0.2) is 17.0 Å². The molecule has 102 valence electrons. The van der Waals surface area contributed by atoms with Gasteiger partial charge >= 0.3 is 0 Å². The van der Waals surface area contributed by atoms with Crippen molar-refractivity contribution in [1.82, 2.24) is 29.1 Å². The van der Waals surface area contributed by atoms with Gasteiger partial charge in [0.15, 0.2) is 11.5 Å². The van der Waals surface area contributed by atoms with Crippen LogP contribution in [0.2, 0.25) is 0 Å². The molecule has 3 heterocycles. The lowest BCUT2D eigenvalue weighted by molar-refractivity contribution is 0.874. The van der Waals surface area contributed by atoms with Crippen molar-refractivity contribution in [3.63, 3.8) is 0 Å². The largest absolute Gasteiger partial charge is 0.333 e. The number of aryl methyl sites for hydroxylation is 3. The first-order valence-electron chi connectivity index (χ1n) is 6.10. The number of aromatic nitrogens is 6. The van der Waals surface area contributed by atoms with Gasteiger partial charge in [-0.05, 0) is 41.9 Å². The van der Waals surface area contributed by atoms with Crippen molar-refractivity contribution in [3.8, 4) is 0 Å². The summed E-state index contributed by atoms with van der Waals surface area (Å²) in [5.41, 5.74) is 2.69. The molecule has 0 aliphatic heterocycles. The highest BCUT2D eigenvalue weighted by Gasteiger charge is 2.06. The maximum absolute atomic E-state index is 4.45. The first-order valence-corrected chi connectivity index (χ1v) is 6.90. The van der Waals surface area contributed by atoms with Gasteiger partial charge in [-0.2, -0.15) is 0 Å². The molecule has 0 spiro atoms. The van der Waals surface area contributed by atoms with E-state index >= 15 is 0 Å². The molecule has 0 N–H and O–H groups in total. The molecule has 0 saturated carbocycles. The second kappa shape index (κ2) is 4.82. The number of nitrogens with zero attached hydrogens (tertiary/aromatic N) is 6. The summed E-state index contributed by atoms with van der Waals surface area (Å²) in [5, 5.41) is 4.45.